The number of rotatable bonds is 3. The first kappa shape index (κ1) is 19.2. The van der Waals surface area contributed by atoms with E-state index in [2.05, 4.69) is 51.5 Å². The highest BCUT2D eigenvalue weighted by molar-refractivity contribution is 8.03. The summed E-state index contributed by atoms with van der Waals surface area (Å²) in [6.07, 6.45) is 3.91. The van der Waals surface area contributed by atoms with E-state index in [1.54, 1.807) is 11.8 Å². The van der Waals surface area contributed by atoms with Gasteiger partial charge in [-0.3, -0.25) is 13.7 Å². The molecule has 25 heavy (non-hydrogen) atoms. The number of aliphatic imine (C=N–C) groups is 1. The predicted octanol–water partition coefficient (Wildman–Crippen LogP) is 3.91. The number of allylic oxidation sites excluding steroid dienone is 1. The van der Waals surface area contributed by atoms with E-state index in [0.29, 0.717) is 0 Å². The topological polar surface area (TPSA) is 79.2 Å². The SMILES string of the molecule is CN1/C(=C/C=Nc2ccccc2)Sc2ccccc21.COS(=O)(=O)O. The van der Waals surface area contributed by atoms with E-state index in [-0.39, 0.29) is 0 Å². The fourth-order valence-corrected chi connectivity index (χ4v) is 3.01. The lowest BCUT2D eigenvalue weighted by atomic mass is 10.3. The first-order valence-corrected chi connectivity index (χ1v) is 9.42. The van der Waals surface area contributed by atoms with Crippen LogP contribution in [0.25, 0.3) is 0 Å². The summed E-state index contributed by atoms with van der Waals surface area (Å²) in [6.45, 7) is 0. The van der Waals surface area contributed by atoms with Crippen LogP contribution >= 0.6 is 11.8 Å². The van der Waals surface area contributed by atoms with Gasteiger partial charge in [0, 0.05) is 18.2 Å². The van der Waals surface area contributed by atoms with Gasteiger partial charge >= 0.3 is 10.4 Å². The number of para-hydroxylation sites is 2. The molecule has 2 aromatic rings. The second kappa shape index (κ2) is 8.82. The minimum absolute atomic E-state index is 0.870. The Labute approximate surface area is 151 Å². The van der Waals surface area contributed by atoms with Crippen LogP contribution in [0.2, 0.25) is 0 Å². The van der Waals surface area contributed by atoms with Gasteiger partial charge in [0.2, 0.25) is 0 Å². The number of fused-ring (bicyclic) bond motifs is 1. The van der Waals surface area contributed by atoms with Gasteiger partial charge in [0.15, 0.2) is 0 Å². The summed E-state index contributed by atoms with van der Waals surface area (Å²) >= 11 is 1.78. The number of benzene rings is 2. The quantitative estimate of drug-likeness (QED) is 0.644. The zero-order chi connectivity index (χ0) is 18.3. The van der Waals surface area contributed by atoms with E-state index in [1.807, 2.05) is 36.5 Å². The summed E-state index contributed by atoms with van der Waals surface area (Å²) in [5.74, 6) is 0. The number of anilines is 1. The van der Waals surface area contributed by atoms with Crippen molar-refractivity contribution in [2.75, 3.05) is 19.1 Å². The standard InChI is InChI=1S/C16H14N2S.CH4O4S/c1-18-14-9-5-6-10-15(14)19-16(18)11-12-17-13-7-3-2-4-8-13;1-5-6(2,3)4/h2-12H,1H3;1H3,(H,2,3,4)/b16-11-,17-12?;. The molecule has 1 aliphatic heterocycles. The van der Waals surface area contributed by atoms with Crippen LogP contribution in [-0.2, 0) is 14.6 Å². The Bertz CT molecular complexity index is 865. The van der Waals surface area contributed by atoms with Crippen molar-refractivity contribution in [1.82, 2.24) is 0 Å². The van der Waals surface area contributed by atoms with Crippen molar-refractivity contribution in [3.05, 3.63) is 65.7 Å². The molecule has 0 saturated heterocycles. The van der Waals surface area contributed by atoms with Gasteiger partial charge in [0.1, 0.15) is 0 Å². The molecular formula is C17H18N2O4S2. The van der Waals surface area contributed by atoms with Gasteiger partial charge in [0.25, 0.3) is 0 Å². The monoisotopic (exact) mass is 378 g/mol. The average molecular weight is 378 g/mol. The maximum Gasteiger partial charge on any atom is 0.397 e. The Kier molecular flexibility index (Phi) is 6.77. The van der Waals surface area contributed by atoms with Gasteiger partial charge in [0.05, 0.1) is 23.5 Å². The van der Waals surface area contributed by atoms with E-state index in [4.69, 9.17) is 4.55 Å². The minimum atomic E-state index is -4.16. The number of hydrogen-bond donors (Lipinski definition) is 1. The second-order valence-corrected chi connectivity index (χ2v) is 7.09. The minimum Gasteiger partial charge on any atom is -0.338 e. The molecule has 6 nitrogen and oxygen atoms in total. The molecule has 0 aromatic heterocycles. The predicted molar refractivity (Wildman–Crippen MR) is 102 cm³/mol. The molecule has 8 heteroatoms. The Morgan fingerprint density at radius 1 is 1.12 bits per heavy atom. The molecule has 0 unspecified atom stereocenters. The number of hydrogen-bond acceptors (Lipinski definition) is 6. The molecule has 0 saturated carbocycles. The van der Waals surface area contributed by atoms with Crippen LogP contribution < -0.4 is 4.90 Å². The third-order valence-electron chi connectivity index (χ3n) is 3.18. The Morgan fingerprint density at radius 3 is 2.32 bits per heavy atom. The molecule has 0 radical (unpaired) electrons. The molecule has 0 atom stereocenters. The van der Waals surface area contributed by atoms with Gasteiger partial charge in [-0.1, -0.05) is 42.1 Å². The summed E-state index contributed by atoms with van der Waals surface area (Å²) in [5, 5.41) is 1.20. The Balaban J connectivity index is 0.000000326. The van der Waals surface area contributed by atoms with Crippen molar-refractivity contribution >= 4 is 39.8 Å². The van der Waals surface area contributed by atoms with Gasteiger partial charge in [-0.25, -0.2) is 0 Å². The summed E-state index contributed by atoms with van der Waals surface area (Å²) in [4.78, 5) is 7.91. The van der Waals surface area contributed by atoms with Crippen molar-refractivity contribution in [3.8, 4) is 0 Å². The Morgan fingerprint density at radius 2 is 1.72 bits per heavy atom. The highest BCUT2D eigenvalue weighted by atomic mass is 32.3. The van der Waals surface area contributed by atoms with Gasteiger partial charge in [-0.15, -0.1) is 0 Å². The van der Waals surface area contributed by atoms with E-state index < -0.39 is 10.4 Å². The van der Waals surface area contributed by atoms with Gasteiger partial charge in [-0.2, -0.15) is 8.42 Å². The average Bonchev–Trinajstić information content (AvgIpc) is 2.92. The molecule has 1 aliphatic rings. The molecule has 1 heterocycles. The van der Waals surface area contributed by atoms with Crippen molar-refractivity contribution < 1.29 is 17.2 Å². The molecular weight excluding hydrogens is 360 g/mol. The lowest BCUT2D eigenvalue weighted by Crippen LogP contribution is -2.09. The van der Waals surface area contributed by atoms with Crippen LogP contribution in [0.5, 0.6) is 0 Å². The van der Waals surface area contributed by atoms with Gasteiger partial charge < -0.3 is 4.90 Å². The first-order valence-electron chi connectivity index (χ1n) is 7.24. The molecule has 1 N–H and O–H groups in total. The van der Waals surface area contributed by atoms with Crippen LogP contribution in [0, 0.1) is 0 Å². The summed E-state index contributed by atoms with van der Waals surface area (Å²) < 4.78 is 29.7. The lowest BCUT2D eigenvalue weighted by Gasteiger charge is -2.12. The summed E-state index contributed by atoms with van der Waals surface area (Å²) in [5.41, 5.74) is 2.23. The molecule has 0 spiro atoms. The lowest BCUT2D eigenvalue weighted by molar-refractivity contribution is 0.324. The van der Waals surface area contributed by atoms with Crippen molar-refractivity contribution in [2.45, 2.75) is 4.90 Å². The zero-order valence-electron chi connectivity index (χ0n) is 13.7. The fraction of sp³-hybridized carbons (Fsp3) is 0.118. The third kappa shape index (κ3) is 6.02. The van der Waals surface area contributed by atoms with Crippen LogP contribution in [0.15, 0.2) is 75.6 Å². The maximum absolute atomic E-state index is 9.33. The number of thioether (sulfide) groups is 1. The highest BCUT2D eigenvalue weighted by Gasteiger charge is 2.20. The molecule has 0 amide bonds. The van der Waals surface area contributed by atoms with Crippen molar-refractivity contribution in [1.29, 1.82) is 0 Å². The van der Waals surface area contributed by atoms with Crippen molar-refractivity contribution in [3.63, 3.8) is 0 Å². The summed E-state index contributed by atoms with van der Waals surface area (Å²) in [7, 11) is -1.21. The molecule has 132 valence electrons. The van der Waals surface area contributed by atoms with Crippen molar-refractivity contribution in [2.24, 2.45) is 4.99 Å². The van der Waals surface area contributed by atoms with Crippen LogP contribution in [-0.4, -0.2) is 33.3 Å². The normalized spacial score (nSPS) is 15.2. The fourth-order valence-electron chi connectivity index (χ4n) is 1.97. The Hall–Kier alpha value is -2.13. The van der Waals surface area contributed by atoms with E-state index in [9.17, 15) is 8.42 Å². The summed E-state index contributed by atoms with van der Waals surface area (Å²) in [6, 6.07) is 18.4. The zero-order valence-corrected chi connectivity index (χ0v) is 15.4. The molecule has 0 aliphatic carbocycles. The van der Waals surface area contributed by atoms with E-state index in [1.165, 1.54) is 15.6 Å². The molecule has 3 rings (SSSR count). The maximum atomic E-state index is 9.33. The van der Waals surface area contributed by atoms with Crippen LogP contribution in [0.4, 0.5) is 11.4 Å². The highest BCUT2D eigenvalue weighted by Crippen LogP contribution is 2.44. The van der Waals surface area contributed by atoms with E-state index >= 15 is 0 Å². The number of nitrogens with zero attached hydrogens (tertiary/aromatic N) is 2. The second-order valence-electron chi connectivity index (χ2n) is 4.84. The van der Waals surface area contributed by atoms with Gasteiger partial charge in [-0.05, 0) is 30.3 Å². The molecule has 2 aromatic carbocycles. The first-order chi connectivity index (χ1) is 11.9. The van der Waals surface area contributed by atoms with Crippen LogP contribution in [0.1, 0.15) is 0 Å². The van der Waals surface area contributed by atoms with Crippen LogP contribution in [0.3, 0.4) is 0 Å². The smallest absolute Gasteiger partial charge is 0.338 e. The third-order valence-corrected chi connectivity index (χ3v) is 4.78. The largest absolute Gasteiger partial charge is 0.397 e. The molecule has 0 bridgehead atoms. The van der Waals surface area contributed by atoms with E-state index in [0.717, 1.165) is 12.8 Å². The molecule has 0 fully saturated rings.